The van der Waals surface area contributed by atoms with E-state index in [0.717, 1.165) is 13.1 Å². The maximum absolute atomic E-state index is 12.0. The molecule has 0 spiro atoms. The van der Waals surface area contributed by atoms with E-state index in [0.29, 0.717) is 6.54 Å². The molecular weight excluding hydrogens is 276 g/mol. The molecule has 2 N–H and O–H groups in total. The third-order valence-electron chi connectivity index (χ3n) is 4.09. The summed E-state index contributed by atoms with van der Waals surface area (Å²) >= 11 is 0. The van der Waals surface area contributed by atoms with Gasteiger partial charge in [0.2, 0.25) is 5.91 Å². The Hall–Kier alpha value is -1.39. The third kappa shape index (κ3) is 5.78. The largest absolute Gasteiger partial charge is 0.392 e. The number of carbonyl (C=O) groups excluding carboxylic acids is 1. The maximum atomic E-state index is 12.0. The zero-order valence-corrected chi connectivity index (χ0v) is 14.2. The van der Waals surface area contributed by atoms with Gasteiger partial charge in [-0.05, 0) is 24.6 Å². The molecule has 0 aliphatic carbocycles. The highest BCUT2D eigenvalue weighted by Gasteiger charge is 2.20. The second kappa shape index (κ2) is 9.59. The molecule has 1 amide bonds. The van der Waals surface area contributed by atoms with Gasteiger partial charge in [0.25, 0.3) is 0 Å². The predicted octanol–water partition coefficient (Wildman–Crippen LogP) is 2.59. The van der Waals surface area contributed by atoms with E-state index >= 15 is 0 Å². The molecule has 2 atom stereocenters. The average Bonchev–Trinajstić information content (AvgIpc) is 2.52. The van der Waals surface area contributed by atoms with Crippen LogP contribution in [0.3, 0.4) is 0 Å². The highest BCUT2D eigenvalue weighted by atomic mass is 16.3. The Morgan fingerprint density at radius 2 is 1.77 bits per heavy atom. The van der Waals surface area contributed by atoms with Crippen LogP contribution in [0.5, 0.6) is 0 Å². The molecule has 0 aliphatic rings. The summed E-state index contributed by atoms with van der Waals surface area (Å²) in [6.07, 6.45) is -0.416. The van der Waals surface area contributed by atoms with Crippen molar-refractivity contribution in [3.8, 4) is 0 Å². The summed E-state index contributed by atoms with van der Waals surface area (Å²) in [5.41, 5.74) is 1.20. The van der Waals surface area contributed by atoms with Crippen LogP contribution in [0.15, 0.2) is 30.3 Å². The first-order valence-corrected chi connectivity index (χ1v) is 8.23. The van der Waals surface area contributed by atoms with Gasteiger partial charge in [-0.15, -0.1) is 0 Å². The van der Waals surface area contributed by atoms with Crippen LogP contribution in [0, 0.1) is 5.92 Å². The minimum absolute atomic E-state index is 0.0886. The molecule has 4 nitrogen and oxygen atoms in total. The van der Waals surface area contributed by atoms with Crippen molar-refractivity contribution in [1.29, 1.82) is 0 Å². The smallest absolute Gasteiger partial charge is 0.222 e. The molecule has 4 heteroatoms. The van der Waals surface area contributed by atoms with Crippen molar-refractivity contribution >= 4 is 5.91 Å². The van der Waals surface area contributed by atoms with Gasteiger partial charge in [-0.1, -0.05) is 58.0 Å². The zero-order chi connectivity index (χ0) is 16.5. The molecule has 0 unspecified atom stereocenters. The van der Waals surface area contributed by atoms with Crippen LogP contribution in [-0.4, -0.2) is 41.7 Å². The van der Waals surface area contributed by atoms with Crippen molar-refractivity contribution in [2.24, 2.45) is 5.92 Å². The van der Waals surface area contributed by atoms with E-state index in [2.05, 4.69) is 36.2 Å². The Morgan fingerprint density at radius 1 is 1.18 bits per heavy atom. The molecule has 124 valence electrons. The van der Waals surface area contributed by atoms with Crippen molar-refractivity contribution in [1.82, 2.24) is 10.2 Å². The number of hydrogen-bond donors (Lipinski definition) is 2. The topological polar surface area (TPSA) is 52.6 Å². The van der Waals surface area contributed by atoms with E-state index < -0.39 is 6.10 Å². The minimum atomic E-state index is -0.580. The zero-order valence-electron chi connectivity index (χ0n) is 14.2. The van der Waals surface area contributed by atoms with Gasteiger partial charge in [0, 0.05) is 6.54 Å². The molecule has 0 bridgehead atoms. The quantitative estimate of drug-likeness (QED) is 0.737. The van der Waals surface area contributed by atoms with Crippen molar-refractivity contribution in [3.63, 3.8) is 0 Å². The van der Waals surface area contributed by atoms with Gasteiger partial charge in [0.1, 0.15) is 0 Å². The fraction of sp³-hybridized carbons (Fsp3) is 0.611. The van der Waals surface area contributed by atoms with Crippen molar-refractivity contribution in [2.75, 3.05) is 19.6 Å². The van der Waals surface area contributed by atoms with Gasteiger partial charge in [-0.2, -0.15) is 0 Å². The summed E-state index contributed by atoms with van der Waals surface area (Å²) in [4.78, 5) is 14.3. The summed E-state index contributed by atoms with van der Waals surface area (Å²) in [7, 11) is 0. The summed E-state index contributed by atoms with van der Waals surface area (Å²) in [6.45, 7) is 10.5. The molecule has 0 fully saturated rings. The van der Waals surface area contributed by atoms with Gasteiger partial charge in [0.15, 0.2) is 0 Å². The first-order valence-electron chi connectivity index (χ1n) is 8.23. The van der Waals surface area contributed by atoms with Crippen LogP contribution in [0.4, 0.5) is 0 Å². The number of nitrogens with zero attached hydrogens (tertiary/aromatic N) is 1. The Bertz CT molecular complexity index is 430. The monoisotopic (exact) mass is 306 g/mol. The molecular formula is C18H30N2O2. The van der Waals surface area contributed by atoms with E-state index in [9.17, 15) is 9.90 Å². The molecule has 0 saturated heterocycles. The predicted molar refractivity (Wildman–Crippen MR) is 90.6 cm³/mol. The summed E-state index contributed by atoms with van der Waals surface area (Å²) in [5, 5.41) is 12.8. The van der Waals surface area contributed by atoms with Crippen LogP contribution in [0.2, 0.25) is 0 Å². The Balaban J connectivity index is 2.68. The van der Waals surface area contributed by atoms with Crippen molar-refractivity contribution in [3.05, 3.63) is 35.9 Å². The lowest BCUT2D eigenvalue weighted by Crippen LogP contribution is -2.39. The number of carbonyl (C=O) groups is 1. The highest BCUT2D eigenvalue weighted by molar-refractivity contribution is 5.76. The second-order valence-corrected chi connectivity index (χ2v) is 5.97. The molecule has 1 aromatic rings. The van der Waals surface area contributed by atoms with Crippen LogP contribution < -0.4 is 5.32 Å². The van der Waals surface area contributed by atoms with Crippen LogP contribution in [-0.2, 0) is 4.79 Å². The van der Waals surface area contributed by atoms with Crippen LogP contribution in [0.1, 0.15) is 45.7 Å². The maximum Gasteiger partial charge on any atom is 0.222 e. The highest BCUT2D eigenvalue weighted by Crippen LogP contribution is 2.19. The number of benzene rings is 1. The Morgan fingerprint density at radius 3 is 2.27 bits per heavy atom. The van der Waals surface area contributed by atoms with E-state index in [1.807, 2.05) is 32.0 Å². The first-order chi connectivity index (χ1) is 10.5. The van der Waals surface area contributed by atoms with Gasteiger partial charge >= 0.3 is 0 Å². The Kier molecular flexibility index (Phi) is 8.13. The average molecular weight is 306 g/mol. The van der Waals surface area contributed by atoms with Crippen LogP contribution in [0.25, 0.3) is 0 Å². The fourth-order valence-electron chi connectivity index (χ4n) is 2.51. The normalized spacial score (nSPS) is 14.1. The standard InChI is InChI=1S/C18H30N2O2/c1-5-20(6-2)16(15-10-8-7-9-11-15)13-19-18(22)12-17(21)14(3)4/h7-11,14,16-17,21H,5-6,12-13H2,1-4H3,(H,19,22)/t16-,17-/m0/s1. The number of aliphatic hydroxyl groups is 1. The molecule has 0 saturated carbocycles. The van der Waals surface area contributed by atoms with Crippen LogP contribution >= 0.6 is 0 Å². The molecule has 0 aliphatic heterocycles. The molecule has 1 rings (SSSR count). The number of likely N-dealkylation sites (N-methyl/N-ethyl adjacent to an activating group) is 1. The van der Waals surface area contributed by atoms with E-state index in [4.69, 9.17) is 0 Å². The lowest BCUT2D eigenvalue weighted by Gasteiger charge is -2.30. The number of amides is 1. The molecule has 0 aromatic heterocycles. The molecule has 1 aromatic carbocycles. The Labute approximate surface area is 134 Å². The van der Waals surface area contributed by atoms with Gasteiger partial charge in [0.05, 0.1) is 18.6 Å². The molecule has 0 heterocycles. The first kappa shape index (κ1) is 18.7. The molecule has 0 radical (unpaired) electrons. The fourth-order valence-corrected chi connectivity index (χ4v) is 2.51. The van der Waals surface area contributed by atoms with Gasteiger partial charge in [-0.25, -0.2) is 0 Å². The SMILES string of the molecule is CCN(CC)[C@@H](CNC(=O)C[C@H](O)C(C)C)c1ccccc1. The van der Waals surface area contributed by atoms with E-state index in [1.54, 1.807) is 0 Å². The lowest BCUT2D eigenvalue weighted by molar-refractivity contribution is -0.123. The summed E-state index contributed by atoms with van der Waals surface area (Å²) in [6, 6.07) is 10.4. The summed E-state index contributed by atoms with van der Waals surface area (Å²) in [5.74, 6) is 0.00717. The van der Waals surface area contributed by atoms with E-state index in [1.165, 1.54) is 5.56 Å². The van der Waals surface area contributed by atoms with Crippen molar-refractivity contribution in [2.45, 2.75) is 46.3 Å². The number of aliphatic hydroxyl groups excluding tert-OH is 1. The van der Waals surface area contributed by atoms with Crippen molar-refractivity contribution < 1.29 is 9.90 Å². The third-order valence-corrected chi connectivity index (χ3v) is 4.09. The second-order valence-electron chi connectivity index (χ2n) is 5.97. The van der Waals surface area contributed by atoms with E-state index in [-0.39, 0.29) is 24.3 Å². The lowest BCUT2D eigenvalue weighted by atomic mass is 10.0. The number of hydrogen-bond acceptors (Lipinski definition) is 3. The summed E-state index contributed by atoms with van der Waals surface area (Å²) < 4.78 is 0. The molecule has 22 heavy (non-hydrogen) atoms. The number of rotatable bonds is 9. The van der Waals surface area contributed by atoms with Gasteiger partial charge in [-0.3, -0.25) is 9.69 Å². The minimum Gasteiger partial charge on any atom is -0.392 e. The number of nitrogens with one attached hydrogen (secondary N) is 1. The van der Waals surface area contributed by atoms with Gasteiger partial charge < -0.3 is 10.4 Å².